The van der Waals surface area contributed by atoms with Gasteiger partial charge in [-0.2, -0.15) is 0 Å². The topological polar surface area (TPSA) is 16.1 Å². The van der Waals surface area contributed by atoms with E-state index in [1.54, 1.807) is 12.4 Å². The van der Waals surface area contributed by atoms with Crippen molar-refractivity contribution in [3.05, 3.63) is 23.5 Å². The molecule has 0 spiro atoms. The largest absolute Gasteiger partial charge is 0.366 e. The summed E-state index contributed by atoms with van der Waals surface area (Å²) in [5.41, 5.74) is 1.11. The number of rotatable bonds is 4. The first kappa shape index (κ1) is 10.2. The summed E-state index contributed by atoms with van der Waals surface area (Å²) in [5, 5.41) is 1.72. The summed E-state index contributed by atoms with van der Waals surface area (Å²) in [4.78, 5) is 6.36. The van der Waals surface area contributed by atoms with Crippen LogP contribution in [0.2, 0.25) is 5.02 Å². The van der Waals surface area contributed by atoms with E-state index in [-0.39, 0.29) is 0 Å². The molecule has 0 atom stereocenters. The second kappa shape index (κ2) is 4.49. The maximum atomic E-state index is 6.11. The van der Waals surface area contributed by atoms with E-state index in [2.05, 4.69) is 25.8 Å². The molecule has 0 bridgehead atoms. The minimum absolute atomic E-state index is 0.687. The van der Waals surface area contributed by atoms with Crippen LogP contribution in [0.15, 0.2) is 18.5 Å². The minimum atomic E-state index is 0.687. The fraction of sp³-hybridized carbons (Fsp3) is 0.500. The third-order valence-corrected chi connectivity index (χ3v) is 3.02. The van der Waals surface area contributed by atoms with Gasteiger partial charge in [0.15, 0.2) is 0 Å². The van der Waals surface area contributed by atoms with E-state index in [0.717, 1.165) is 22.6 Å². The SMILES string of the molecule is Clc1cnccc1N(CCBr)C1CC1. The molecule has 0 unspecified atom stereocenters. The second-order valence-corrected chi connectivity index (χ2v) is 4.64. The van der Waals surface area contributed by atoms with Gasteiger partial charge in [-0.25, -0.2) is 0 Å². The molecule has 1 saturated carbocycles. The van der Waals surface area contributed by atoms with E-state index in [1.807, 2.05) is 6.07 Å². The van der Waals surface area contributed by atoms with Gasteiger partial charge in [-0.1, -0.05) is 27.5 Å². The standard InChI is InChI=1S/C10H12BrClN2/c11-4-6-14(8-1-2-8)10-3-5-13-7-9(10)12/h3,5,7-8H,1-2,4,6H2. The van der Waals surface area contributed by atoms with Crippen molar-refractivity contribution in [3.63, 3.8) is 0 Å². The Morgan fingerprint density at radius 3 is 2.93 bits per heavy atom. The number of pyridine rings is 1. The summed E-state index contributed by atoms with van der Waals surface area (Å²) in [6.07, 6.45) is 6.07. The average Bonchev–Trinajstić information content (AvgIpc) is 2.99. The predicted octanol–water partition coefficient (Wildman–Crippen LogP) is 3.10. The fourth-order valence-electron chi connectivity index (χ4n) is 1.58. The van der Waals surface area contributed by atoms with Gasteiger partial charge in [-0.05, 0) is 18.9 Å². The maximum Gasteiger partial charge on any atom is 0.0822 e. The van der Waals surface area contributed by atoms with E-state index in [9.17, 15) is 0 Å². The number of anilines is 1. The molecule has 4 heteroatoms. The van der Waals surface area contributed by atoms with Crippen LogP contribution >= 0.6 is 27.5 Å². The lowest BCUT2D eigenvalue weighted by atomic mass is 10.3. The highest BCUT2D eigenvalue weighted by Gasteiger charge is 2.29. The van der Waals surface area contributed by atoms with Crippen LogP contribution in [0.3, 0.4) is 0 Å². The molecule has 14 heavy (non-hydrogen) atoms. The molecule has 1 aliphatic rings. The zero-order valence-corrected chi connectivity index (χ0v) is 10.1. The summed E-state index contributed by atoms with van der Waals surface area (Å²) >= 11 is 9.57. The van der Waals surface area contributed by atoms with Gasteiger partial charge in [0.2, 0.25) is 0 Å². The zero-order valence-electron chi connectivity index (χ0n) is 7.79. The van der Waals surface area contributed by atoms with Crippen molar-refractivity contribution in [3.8, 4) is 0 Å². The molecule has 0 amide bonds. The van der Waals surface area contributed by atoms with Crippen LogP contribution in [-0.2, 0) is 0 Å². The van der Waals surface area contributed by atoms with Gasteiger partial charge < -0.3 is 4.90 Å². The molecule has 0 aromatic carbocycles. The molecule has 1 aromatic rings. The molecule has 1 fully saturated rings. The van der Waals surface area contributed by atoms with Crippen molar-refractivity contribution in [2.75, 3.05) is 16.8 Å². The van der Waals surface area contributed by atoms with Crippen molar-refractivity contribution >= 4 is 33.2 Å². The Labute approximate surface area is 97.4 Å². The van der Waals surface area contributed by atoms with Gasteiger partial charge in [-0.15, -0.1) is 0 Å². The quantitative estimate of drug-likeness (QED) is 0.785. The van der Waals surface area contributed by atoms with E-state index >= 15 is 0 Å². The second-order valence-electron chi connectivity index (χ2n) is 3.44. The number of alkyl halides is 1. The van der Waals surface area contributed by atoms with Crippen LogP contribution < -0.4 is 4.90 Å². The van der Waals surface area contributed by atoms with Crippen molar-refractivity contribution < 1.29 is 0 Å². The lowest BCUT2D eigenvalue weighted by Crippen LogP contribution is -2.27. The first-order chi connectivity index (χ1) is 6.83. The number of halogens is 2. The van der Waals surface area contributed by atoms with E-state index < -0.39 is 0 Å². The Morgan fingerprint density at radius 1 is 1.57 bits per heavy atom. The molecule has 2 rings (SSSR count). The molecular formula is C10H12BrClN2. The highest BCUT2D eigenvalue weighted by molar-refractivity contribution is 9.09. The number of hydrogen-bond acceptors (Lipinski definition) is 2. The van der Waals surface area contributed by atoms with Gasteiger partial charge in [0.05, 0.1) is 10.7 Å². The lowest BCUT2D eigenvalue weighted by Gasteiger charge is -2.24. The molecule has 0 saturated heterocycles. The Bertz CT molecular complexity index is 315. The van der Waals surface area contributed by atoms with Crippen molar-refractivity contribution in [1.29, 1.82) is 0 Å². The Balaban J connectivity index is 2.21. The zero-order chi connectivity index (χ0) is 9.97. The summed E-state index contributed by atoms with van der Waals surface area (Å²) < 4.78 is 0. The van der Waals surface area contributed by atoms with Gasteiger partial charge in [0, 0.05) is 30.3 Å². The number of nitrogens with zero attached hydrogens (tertiary/aromatic N) is 2. The molecule has 1 heterocycles. The minimum Gasteiger partial charge on any atom is -0.366 e. The molecule has 0 radical (unpaired) electrons. The summed E-state index contributed by atoms with van der Waals surface area (Å²) in [6.45, 7) is 1.01. The van der Waals surface area contributed by atoms with Crippen molar-refractivity contribution in [1.82, 2.24) is 4.98 Å². The van der Waals surface area contributed by atoms with Crippen LogP contribution in [0.25, 0.3) is 0 Å². The third kappa shape index (κ3) is 2.20. The smallest absolute Gasteiger partial charge is 0.0822 e. The van der Waals surface area contributed by atoms with Crippen LogP contribution in [0.4, 0.5) is 5.69 Å². The summed E-state index contributed by atoms with van der Waals surface area (Å²) in [5.74, 6) is 0. The van der Waals surface area contributed by atoms with E-state index in [4.69, 9.17) is 11.6 Å². The van der Waals surface area contributed by atoms with Gasteiger partial charge in [-0.3, -0.25) is 4.98 Å². The molecule has 2 nitrogen and oxygen atoms in total. The first-order valence-electron chi connectivity index (χ1n) is 4.75. The molecule has 0 aliphatic heterocycles. The van der Waals surface area contributed by atoms with Crippen LogP contribution in [0.1, 0.15) is 12.8 Å². The lowest BCUT2D eigenvalue weighted by molar-refractivity contribution is 0.833. The number of hydrogen-bond donors (Lipinski definition) is 0. The first-order valence-corrected chi connectivity index (χ1v) is 6.25. The fourth-order valence-corrected chi connectivity index (χ4v) is 2.19. The highest BCUT2D eigenvalue weighted by Crippen LogP contribution is 2.34. The Kier molecular flexibility index (Phi) is 3.29. The van der Waals surface area contributed by atoms with Gasteiger partial charge >= 0.3 is 0 Å². The summed E-state index contributed by atoms with van der Waals surface area (Å²) in [6, 6.07) is 2.68. The molecule has 0 N–H and O–H groups in total. The normalized spacial score (nSPS) is 15.6. The molecule has 76 valence electrons. The predicted molar refractivity (Wildman–Crippen MR) is 63.4 cm³/mol. The summed E-state index contributed by atoms with van der Waals surface area (Å²) in [7, 11) is 0. The highest BCUT2D eigenvalue weighted by atomic mass is 79.9. The van der Waals surface area contributed by atoms with Gasteiger partial charge in [0.25, 0.3) is 0 Å². The molecule has 1 aliphatic carbocycles. The third-order valence-electron chi connectivity index (χ3n) is 2.37. The average molecular weight is 276 g/mol. The van der Waals surface area contributed by atoms with Crippen LogP contribution in [0.5, 0.6) is 0 Å². The molecular weight excluding hydrogens is 263 g/mol. The Morgan fingerprint density at radius 2 is 2.36 bits per heavy atom. The molecule has 1 aromatic heterocycles. The maximum absolute atomic E-state index is 6.11. The van der Waals surface area contributed by atoms with Gasteiger partial charge in [0.1, 0.15) is 0 Å². The van der Waals surface area contributed by atoms with Crippen LogP contribution in [0, 0.1) is 0 Å². The van der Waals surface area contributed by atoms with E-state index in [0.29, 0.717) is 6.04 Å². The van der Waals surface area contributed by atoms with Crippen LogP contribution in [-0.4, -0.2) is 22.9 Å². The Hall–Kier alpha value is -0.280. The number of aromatic nitrogens is 1. The van der Waals surface area contributed by atoms with Crippen molar-refractivity contribution in [2.45, 2.75) is 18.9 Å². The van der Waals surface area contributed by atoms with E-state index in [1.165, 1.54) is 12.8 Å². The monoisotopic (exact) mass is 274 g/mol. The van der Waals surface area contributed by atoms with Crippen molar-refractivity contribution in [2.24, 2.45) is 0 Å².